The third kappa shape index (κ3) is 5.44. The number of H-pyrrole nitrogens is 1. The average Bonchev–Trinajstić information content (AvgIpc) is 3.35. The lowest BCUT2D eigenvalue weighted by Crippen LogP contribution is -2.34. The van der Waals surface area contributed by atoms with Crippen molar-refractivity contribution >= 4 is 17.4 Å². The Kier molecular flexibility index (Phi) is 7.49. The van der Waals surface area contributed by atoms with E-state index in [2.05, 4.69) is 62.2 Å². The van der Waals surface area contributed by atoms with Crippen molar-refractivity contribution < 1.29 is 10.2 Å². The van der Waals surface area contributed by atoms with E-state index in [1.54, 1.807) is 18.1 Å². The van der Waals surface area contributed by atoms with Crippen LogP contribution in [0.25, 0.3) is 11.1 Å². The van der Waals surface area contributed by atoms with Crippen molar-refractivity contribution in [3.8, 4) is 11.1 Å². The lowest BCUT2D eigenvalue weighted by molar-refractivity contribution is -0.00298. The first-order valence-corrected chi connectivity index (χ1v) is 12.9. The molecule has 180 valence electrons. The largest absolute Gasteiger partial charge is 0.396 e. The molecule has 0 fully saturated rings. The highest BCUT2D eigenvalue weighted by Gasteiger charge is 2.27. The summed E-state index contributed by atoms with van der Waals surface area (Å²) in [5, 5.41) is 20.8. The first kappa shape index (κ1) is 23.6. The third-order valence-electron chi connectivity index (χ3n) is 6.37. The van der Waals surface area contributed by atoms with Crippen LogP contribution in [0.4, 0.5) is 5.69 Å². The number of aliphatic hydroxyl groups excluding tert-OH is 2. The van der Waals surface area contributed by atoms with Gasteiger partial charge in [0.25, 0.3) is 0 Å². The van der Waals surface area contributed by atoms with Crippen LogP contribution >= 0.6 is 11.8 Å². The van der Waals surface area contributed by atoms with Crippen LogP contribution in [-0.2, 0) is 13.1 Å². The zero-order chi connectivity index (χ0) is 24.0. The van der Waals surface area contributed by atoms with Gasteiger partial charge in [-0.3, -0.25) is 4.90 Å². The van der Waals surface area contributed by atoms with Gasteiger partial charge < -0.3 is 20.1 Å². The molecule has 0 radical (unpaired) electrons. The minimum absolute atomic E-state index is 0.108. The van der Waals surface area contributed by atoms with E-state index in [4.69, 9.17) is 0 Å². The number of anilines is 1. The molecule has 3 N–H and O–H groups in total. The van der Waals surface area contributed by atoms with Crippen LogP contribution in [0.15, 0.2) is 90.2 Å². The number of aromatic amines is 1. The summed E-state index contributed by atoms with van der Waals surface area (Å²) in [6.45, 7) is 2.96. The monoisotopic (exact) mass is 486 g/mol. The van der Waals surface area contributed by atoms with Crippen LogP contribution in [0.2, 0.25) is 0 Å². The summed E-state index contributed by atoms with van der Waals surface area (Å²) in [5.74, 6) is 0.602. The number of nitrogens with one attached hydrogen (secondary N) is 1. The molecule has 7 heteroatoms. The van der Waals surface area contributed by atoms with Gasteiger partial charge in [0.1, 0.15) is 6.23 Å². The summed E-state index contributed by atoms with van der Waals surface area (Å²) in [7, 11) is 0. The van der Waals surface area contributed by atoms with Crippen LogP contribution in [0.5, 0.6) is 0 Å². The molecule has 35 heavy (non-hydrogen) atoms. The van der Waals surface area contributed by atoms with E-state index in [1.165, 1.54) is 22.4 Å². The van der Waals surface area contributed by atoms with Crippen molar-refractivity contribution in [2.75, 3.05) is 30.3 Å². The Balaban J connectivity index is 1.48. The van der Waals surface area contributed by atoms with Crippen molar-refractivity contribution in [2.24, 2.45) is 0 Å². The summed E-state index contributed by atoms with van der Waals surface area (Å²) < 4.78 is 0. The third-order valence-corrected chi connectivity index (χ3v) is 7.44. The van der Waals surface area contributed by atoms with Crippen molar-refractivity contribution in [3.05, 3.63) is 102 Å². The molecule has 1 aliphatic heterocycles. The second-order valence-electron chi connectivity index (χ2n) is 8.66. The number of benzene rings is 3. The number of aliphatic hydroxyl groups is 2. The molecule has 3 aromatic carbocycles. The maximum absolute atomic E-state index is 11.5. The number of rotatable bonds is 8. The second-order valence-corrected chi connectivity index (χ2v) is 9.80. The molecule has 1 aliphatic rings. The molecule has 1 unspecified atom stereocenters. The van der Waals surface area contributed by atoms with Gasteiger partial charge in [0.15, 0.2) is 0 Å². The topological polar surface area (TPSA) is 75.6 Å². The summed E-state index contributed by atoms with van der Waals surface area (Å²) >= 11 is 1.58. The standard InChI is InChI=1S/C28H30N4O2S/c33-14-15-35-27-9-5-4-8-25(27)28(34)32-13-12-31(19-24-17-29-20-30-24)26-11-10-22(16-23(26)18-32)21-6-2-1-3-7-21/h1-11,16-17,20,28,33-34H,12-15,18-19H2,(H,29,30). The van der Waals surface area contributed by atoms with Gasteiger partial charge in [-0.05, 0) is 34.9 Å². The molecular formula is C28H30N4O2S. The van der Waals surface area contributed by atoms with Crippen molar-refractivity contribution in [3.63, 3.8) is 0 Å². The molecule has 0 saturated carbocycles. The minimum Gasteiger partial charge on any atom is -0.396 e. The zero-order valence-corrected chi connectivity index (χ0v) is 20.4. The smallest absolute Gasteiger partial charge is 0.135 e. The highest BCUT2D eigenvalue weighted by atomic mass is 32.2. The van der Waals surface area contributed by atoms with Crippen LogP contribution in [-0.4, -0.2) is 50.5 Å². The lowest BCUT2D eigenvalue weighted by Gasteiger charge is -2.28. The van der Waals surface area contributed by atoms with Crippen LogP contribution < -0.4 is 4.90 Å². The molecule has 2 heterocycles. The predicted octanol–water partition coefficient (Wildman–Crippen LogP) is 4.67. The molecule has 0 amide bonds. The molecule has 5 rings (SSSR count). The fourth-order valence-electron chi connectivity index (χ4n) is 4.63. The molecule has 0 aliphatic carbocycles. The summed E-state index contributed by atoms with van der Waals surface area (Å²) in [4.78, 5) is 12.9. The Bertz CT molecular complexity index is 1230. The fourth-order valence-corrected chi connectivity index (χ4v) is 5.45. The number of imidazole rings is 1. The zero-order valence-electron chi connectivity index (χ0n) is 19.5. The van der Waals surface area contributed by atoms with E-state index in [0.717, 1.165) is 29.2 Å². The van der Waals surface area contributed by atoms with Gasteiger partial charge in [-0.1, -0.05) is 54.6 Å². The number of hydrogen-bond acceptors (Lipinski definition) is 6. The normalized spacial score (nSPS) is 15.0. The molecular weight excluding hydrogens is 456 g/mol. The van der Waals surface area contributed by atoms with E-state index in [-0.39, 0.29) is 6.61 Å². The van der Waals surface area contributed by atoms with E-state index in [1.807, 2.05) is 36.5 Å². The van der Waals surface area contributed by atoms with Gasteiger partial charge in [0, 0.05) is 47.7 Å². The Labute approximate surface area is 210 Å². The SMILES string of the molecule is OCCSc1ccccc1C(O)N1CCN(Cc2cnc[nH]2)c2ccc(-c3ccccc3)cc2C1. The number of nitrogens with zero attached hydrogens (tertiary/aromatic N) is 3. The molecule has 6 nitrogen and oxygen atoms in total. The highest BCUT2D eigenvalue weighted by Crippen LogP contribution is 2.35. The Morgan fingerprint density at radius 3 is 2.60 bits per heavy atom. The maximum atomic E-state index is 11.5. The van der Waals surface area contributed by atoms with Crippen LogP contribution in [0.3, 0.4) is 0 Å². The van der Waals surface area contributed by atoms with Gasteiger partial charge in [-0.25, -0.2) is 4.98 Å². The number of aromatic nitrogens is 2. The second kappa shape index (κ2) is 11.1. The van der Waals surface area contributed by atoms with Crippen LogP contribution in [0.1, 0.15) is 23.0 Å². The van der Waals surface area contributed by atoms with Crippen LogP contribution in [0, 0.1) is 0 Å². The first-order valence-electron chi connectivity index (χ1n) is 11.9. The minimum atomic E-state index is -0.738. The Morgan fingerprint density at radius 2 is 1.80 bits per heavy atom. The average molecular weight is 487 g/mol. The quantitative estimate of drug-likeness (QED) is 0.314. The maximum Gasteiger partial charge on any atom is 0.135 e. The van der Waals surface area contributed by atoms with Crippen molar-refractivity contribution in [2.45, 2.75) is 24.2 Å². The highest BCUT2D eigenvalue weighted by molar-refractivity contribution is 7.99. The van der Waals surface area contributed by atoms with E-state index in [9.17, 15) is 10.2 Å². The van der Waals surface area contributed by atoms with Gasteiger partial charge in [-0.2, -0.15) is 0 Å². The van der Waals surface area contributed by atoms with E-state index >= 15 is 0 Å². The molecule has 0 bridgehead atoms. The predicted molar refractivity (Wildman–Crippen MR) is 141 cm³/mol. The molecule has 0 saturated heterocycles. The van der Waals surface area contributed by atoms with Crippen molar-refractivity contribution in [1.29, 1.82) is 0 Å². The number of thioether (sulfide) groups is 1. The van der Waals surface area contributed by atoms with E-state index in [0.29, 0.717) is 18.8 Å². The van der Waals surface area contributed by atoms with Gasteiger partial charge in [-0.15, -0.1) is 11.8 Å². The lowest BCUT2D eigenvalue weighted by atomic mass is 10.0. The molecule has 4 aromatic rings. The molecule has 1 aromatic heterocycles. The van der Waals surface area contributed by atoms with Crippen molar-refractivity contribution in [1.82, 2.24) is 14.9 Å². The first-order chi connectivity index (χ1) is 17.2. The fraction of sp³-hybridized carbons (Fsp3) is 0.250. The Morgan fingerprint density at radius 1 is 0.971 bits per heavy atom. The van der Waals surface area contributed by atoms with Gasteiger partial charge >= 0.3 is 0 Å². The summed E-state index contributed by atoms with van der Waals surface area (Å²) in [6.07, 6.45) is 2.84. The Hall–Kier alpha value is -3.10. The number of hydrogen-bond donors (Lipinski definition) is 3. The van der Waals surface area contributed by atoms with E-state index < -0.39 is 6.23 Å². The van der Waals surface area contributed by atoms with Gasteiger partial charge in [0.2, 0.25) is 0 Å². The number of fused-ring (bicyclic) bond motifs is 1. The molecule has 1 atom stereocenters. The summed E-state index contributed by atoms with van der Waals surface area (Å²) in [6, 6.07) is 25.0. The summed E-state index contributed by atoms with van der Waals surface area (Å²) in [5.41, 5.74) is 6.65. The molecule has 0 spiro atoms. The van der Waals surface area contributed by atoms with Gasteiger partial charge in [0.05, 0.1) is 25.2 Å².